The number of ether oxygens (including phenoxy) is 1. The average Bonchev–Trinajstić information content (AvgIpc) is 2.67. The summed E-state index contributed by atoms with van der Waals surface area (Å²) < 4.78 is 5.59. The third-order valence-corrected chi connectivity index (χ3v) is 2.15. The van der Waals surface area contributed by atoms with E-state index in [-0.39, 0.29) is 0 Å². The third kappa shape index (κ3) is 2.33. The van der Waals surface area contributed by atoms with Crippen LogP contribution in [0.1, 0.15) is 5.56 Å². The maximum Gasteiger partial charge on any atom is 0.137 e. The molecule has 0 bridgehead atoms. The van der Waals surface area contributed by atoms with Crippen molar-refractivity contribution >= 4 is 0 Å². The van der Waals surface area contributed by atoms with Crippen LogP contribution in [0, 0.1) is 6.92 Å². The van der Waals surface area contributed by atoms with Crippen molar-refractivity contribution in [3.8, 4) is 5.75 Å². The Morgan fingerprint density at radius 3 is 3.21 bits per heavy atom. The number of nitrogens with one attached hydrogen (secondary N) is 1. The number of hydrogen-bond donors (Lipinski definition) is 1. The zero-order valence-corrected chi connectivity index (χ0v) is 8.23. The van der Waals surface area contributed by atoms with Gasteiger partial charge in [-0.05, 0) is 18.6 Å². The summed E-state index contributed by atoms with van der Waals surface area (Å²) in [5, 5.41) is 3.28. The van der Waals surface area contributed by atoms with Crippen LogP contribution < -0.4 is 10.1 Å². The molecule has 1 N–H and O–H groups in total. The predicted molar refractivity (Wildman–Crippen MR) is 55.4 cm³/mol. The second kappa shape index (κ2) is 4.24. The van der Waals surface area contributed by atoms with Gasteiger partial charge in [0.1, 0.15) is 12.4 Å². The molecule has 0 unspecified atom stereocenters. The second-order valence-electron chi connectivity index (χ2n) is 3.45. The van der Waals surface area contributed by atoms with Crippen LogP contribution in [0.5, 0.6) is 5.75 Å². The molecule has 1 atom stereocenters. The number of hydrogen-bond acceptors (Lipinski definition) is 3. The van der Waals surface area contributed by atoms with Crippen molar-refractivity contribution < 1.29 is 4.74 Å². The van der Waals surface area contributed by atoms with Crippen molar-refractivity contribution in [2.24, 2.45) is 0 Å². The van der Waals surface area contributed by atoms with E-state index in [1.165, 1.54) is 0 Å². The lowest BCUT2D eigenvalue weighted by atomic mass is 10.3. The van der Waals surface area contributed by atoms with Gasteiger partial charge in [-0.25, -0.2) is 0 Å². The summed E-state index contributed by atoms with van der Waals surface area (Å²) in [6.07, 6.45) is 7.80. The number of rotatable bonds is 3. The molecule has 3 nitrogen and oxygen atoms in total. The van der Waals surface area contributed by atoms with E-state index < -0.39 is 0 Å². The lowest BCUT2D eigenvalue weighted by Gasteiger charge is -2.11. The molecule has 0 aliphatic carbocycles. The summed E-state index contributed by atoms with van der Waals surface area (Å²) in [6.45, 7) is 3.62. The largest absolute Gasteiger partial charge is 0.490 e. The number of aromatic nitrogens is 1. The minimum absolute atomic E-state index is 0.343. The Morgan fingerprint density at radius 2 is 2.50 bits per heavy atom. The molecule has 0 spiro atoms. The fourth-order valence-corrected chi connectivity index (χ4v) is 1.43. The first-order valence-corrected chi connectivity index (χ1v) is 4.79. The second-order valence-corrected chi connectivity index (χ2v) is 3.45. The fraction of sp³-hybridized carbons (Fsp3) is 0.364. The average molecular weight is 190 g/mol. The summed E-state index contributed by atoms with van der Waals surface area (Å²) >= 11 is 0. The summed E-state index contributed by atoms with van der Waals surface area (Å²) in [7, 11) is 0. The van der Waals surface area contributed by atoms with E-state index in [0.29, 0.717) is 12.6 Å². The molecule has 1 aliphatic rings. The van der Waals surface area contributed by atoms with E-state index in [9.17, 15) is 0 Å². The van der Waals surface area contributed by atoms with E-state index >= 15 is 0 Å². The lowest BCUT2D eigenvalue weighted by molar-refractivity contribution is 0.292. The van der Waals surface area contributed by atoms with Gasteiger partial charge < -0.3 is 10.1 Å². The van der Waals surface area contributed by atoms with Gasteiger partial charge in [-0.1, -0.05) is 12.2 Å². The molecule has 1 aromatic heterocycles. The van der Waals surface area contributed by atoms with E-state index in [0.717, 1.165) is 17.9 Å². The maximum atomic E-state index is 5.59. The molecule has 14 heavy (non-hydrogen) atoms. The molecule has 74 valence electrons. The molecule has 2 rings (SSSR count). The summed E-state index contributed by atoms with van der Waals surface area (Å²) in [4.78, 5) is 4.07. The highest BCUT2D eigenvalue weighted by molar-refractivity contribution is 5.22. The first kappa shape index (κ1) is 9.21. The first-order valence-electron chi connectivity index (χ1n) is 4.79. The Bertz CT molecular complexity index is 336. The van der Waals surface area contributed by atoms with E-state index in [4.69, 9.17) is 4.74 Å². The Hall–Kier alpha value is -1.35. The van der Waals surface area contributed by atoms with Crippen molar-refractivity contribution in [3.05, 3.63) is 36.2 Å². The summed E-state index contributed by atoms with van der Waals surface area (Å²) in [6, 6.07) is 2.33. The normalized spacial score (nSPS) is 19.9. The maximum absolute atomic E-state index is 5.59. The fourth-order valence-electron chi connectivity index (χ4n) is 1.43. The van der Waals surface area contributed by atoms with Gasteiger partial charge in [-0.3, -0.25) is 4.98 Å². The highest BCUT2D eigenvalue weighted by atomic mass is 16.5. The molecule has 0 amide bonds. The zero-order chi connectivity index (χ0) is 9.80. The zero-order valence-electron chi connectivity index (χ0n) is 8.23. The third-order valence-electron chi connectivity index (χ3n) is 2.15. The monoisotopic (exact) mass is 190 g/mol. The summed E-state index contributed by atoms with van der Waals surface area (Å²) in [5.41, 5.74) is 1.12. The highest BCUT2D eigenvalue weighted by Crippen LogP contribution is 2.10. The highest BCUT2D eigenvalue weighted by Gasteiger charge is 2.08. The van der Waals surface area contributed by atoms with Gasteiger partial charge in [-0.15, -0.1) is 0 Å². The Morgan fingerprint density at radius 1 is 1.57 bits per heavy atom. The molecule has 3 heteroatoms. The summed E-state index contributed by atoms with van der Waals surface area (Å²) in [5.74, 6) is 0.840. The SMILES string of the molecule is Cc1cncc(OC[C@@H]2C=CCN2)c1. The Labute approximate surface area is 83.8 Å². The predicted octanol–water partition coefficient (Wildman–Crippen LogP) is 1.30. The minimum atomic E-state index is 0.343. The molecular weight excluding hydrogens is 176 g/mol. The van der Waals surface area contributed by atoms with Crippen LogP contribution in [0.25, 0.3) is 0 Å². The van der Waals surface area contributed by atoms with Crippen LogP contribution in [0.15, 0.2) is 30.6 Å². The molecule has 0 radical (unpaired) electrons. The van der Waals surface area contributed by atoms with Crippen LogP contribution in [0.4, 0.5) is 0 Å². The van der Waals surface area contributed by atoms with Gasteiger partial charge in [0.2, 0.25) is 0 Å². The Kier molecular flexibility index (Phi) is 2.79. The smallest absolute Gasteiger partial charge is 0.137 e. The van der Waals surface area contributed by atoms with Crippen molar-refractivity contribution in [1.82, 2.24) is 10.3 Å². The van der Waals surface area contributed by atoms with Crippen LogP contribution in [-0.4, -0.2) is 24.2 Å². The van der Waals surface area contributed by atoms with Gasteiger partial charge in [-0.2, -0.15) is 0 Å². The van der Waals surface area contributed by atoms with Crippen LogP contribution in [0.2, 0.25) is 0 Å². The van der Waals surface area contributed by atoms with Crippen LogP contribution in [0.3, 0.4) is 0 Å². The van der Waals surface area contributed by atoms with E-state index in [2.05, 4.69) is 22.5 Å². The number of pyridine rings is 1. The number of nitrogens with zero attached hydrogens (tertiary/aromatic N) is 1. The van der Waals surface area contributed by atoms with Crippen LogP contribution in [-0.2, 0) is 0 Å². The van der Waals surface area contributed by atoms with Crippen molar-refractivity contribution in [1.29, 1.82) is 0 Å². The van der Waals surface area contributed by atoms with Crippen molar-refractivity contribution in [2.45, 2.75) is 13.0 Å². The molecule has 1 aliphatic heterocycles. The quantitative estimate of drug-likeness (QED) is 0.729. The van der Waals surface area contributed by atoms with E-state index in [1.807, 2.05) is 19.2 Å². The van der Waals surface area contributed by atoms with Gasteiger partial charge in [0.05, 0.1) is 12.2 Å². The molecule has 2 heterocycles. The first-order chi connectivity index (χ1) is 6.84. The molecule has 1 aromatic rings. The molecule has 0 aromatic carbocycles. The Balaban J connectivity index is 1.88. The molecular formula is C11H14N2O. The van der Waals surface area contributed by atoms with Crippen LogP contribution >= 0.6 is 0 Å². The van der Waals surface area contributed by atoms with E-state index in [1.54, 1.807) is 6.20 Å². The minimum Gasteiger partial charge on any atom is -0.490 e. The lowest BCUT2D eigenvalue weighted by Crippen LogP contribution is -2.28. The van der Waals surface area contributed by atoms with Crippen molar-refractivity contribution in [2.75, 3.05) is 13.2 Å². The van der Waals surface area contributed by atoms with Gasteiger partial charge in [0.25, 0.3) is 0 Å². The molecule has 0 fully saturated rings. The standard InChI is InChI=1S/C11H14N2O/c1-9-5-11(7-12-6-9)14-8-10-3-2-4-13-10/h2-3,5-7,10,13H,4,8H2,1H3/t10-/m0/s1. The number of aryl methyl sites for hydroxylation is 1. The van der Waals surface area contributed by atoms with Gasteiger partial charge >= 0.3 is 0 Å². The van der Waals surface area contributed by atoms with Crippen molar-refractivity contribution in [3.63, 3.8) is 0 Å². The van der Waals surface area contributed by atoms with Gasteiger partial charge in [0, 0.05) is 12.7 Å². The van der Waals surface area contributed by atoms with Gasteiger partial charge in [0.15, 0.2) is 0 Å². The molecule has 0 saturated carbocycles. The molecule has 0 saturated heterocycles. The topological polar surface area (TPSA) is 34.1 Å².